The molecule has 116 valence electrons. The van der Waals surface area contributed by atoms with Crippen molar-refractivity contribution >= 4 is 16.5 Å². The van der Waals surface area contributed by atoms with Crippen LogP contribution in [0, 0.1) is 0 Å². The van der Waals surface area contributed by atoms with E-state index in [0.717, 1.165) is 13.0 Å². The quantitative estimate of drug-likeness (QED) is 0.665. The minimum atomic E-state index is 0.0833. The summed E-state index contributed by atoms with van der Waals surface area (Å²) in [6, 6.07) is 13.4. The van der Waals surface area contributed by atoms with Crippen LogP contribution in [0.5, 0.6) is 0 Å². The fourth-order valence-electron chi connectivity index (χ4n) is 3.85. The van der Waals surface area contributed by atoms with Crippen LogP contribution in [0.25, 0.3) is 10.8 Å². The van der Waals surface area contributed by atoms with Crippen LogP contribution in [0.15, 0.2) is 48.2 Å². The lowest BCUT2D eigenvalue weighted by molar-refractivity contribution is 0.624. The van der Waals surface area contributed by atoms with Gasteiger partial charge in [0.05, 0.1) is 0 Å². The molecule has 0 aromatic heterocycles. The molecule has 0 radical (unpaired) electrons. The lowest BCUT2D eigenvalue weighted by Gasteiger charge is -2.27. The Morgan fingerprint density at radius 1 is 1.05 bits per heavy atom. The Bertz CT molecular complexity index is 709. The molecule has 1 heterocycles. The average molecular weight is 293 g/mol. The molecule has 0 saturated carbocycles. The van der Waals surface area contributed by atoms with Crippen LogP contribution >= 0.6 is 0 Å². The van der Waals surface area contributed by atoms with E-state index < -0.39 is 0 Å². The van der Waals surface area contributed by atoms with Crippen LogP contribution in [0.4, 0.5) is 5.69 Å². The van der Waals surface area contributed by atoms with E-state index in [1.807, 2.05) is 0 Å². The summed E-state index contributed by atoms with van der Waals surface area (Å²) in [4.78, 5) is 2.56. The molecule has 3 rings (SSSR count). The van der Waals surface area contributed by atoms with Gasteiger partial charge in [0.1, 0.15) is 0 Å². The number of fused-ring (bicyclic) bond motifs is 3. The Hall–Kier alpha value is -1.76. The van der Waals surface area contributed by atoms with E-state index in [1.165, 1.54) is 40.6 Å². The fraction of sp³-hybridized carbons (Fsp3) is 0.429. The van der Waals surface area contributed by atoms with E-state index in [4.69, 9.17) is 0 Å². The van der Waals surface area contributed by atoms with E-state index in [9.17, 15) is 0 Å². The minimum Gasteiger partial charge on any atom is -0.344 e. The van der Waals surface area contributed by atoms with Gasteiger partial charge in [-0.25, -0.2) is 0 Å². The number of unbranched alkanes of at least 4 members (excludes halogenated alkanes) is 1. The molecule has 22 heavy (non-hydrogen) atoms. The lowest BCUT2D eigenvalue weighted by Crippen LogP contribution is -2.27. The van der Waals surface area contributed by atoms with Crippen LogP contribution < -0.4 is 4.90 Å². The number of nitrogens with zero attached hydrogens (tertiary/aromatic N) is 1. The lowest BCUT2D eigenvalue weighted by atomic mass is 9.81. The van der Waals surface area contributed by atoms with Gasteiger partial charge in [0.15, 0.2) is 0 Å². The molecule has 1 nitrogen and oxygen atoms in total. The van der Waals surface area contributed by atoms with Gasteiger partial charge in [-0.1, -0.05) is 70.5 Å². The summed E-state index contributed by atoms with van der Waals surface area (Å²) < 4.78 is 0. The Balaban J connectivity index is 2.24. The highest BCUT2D eigenvalue weighted by Crippen LogP contribution is 2.50. The molecular weight excluding hydrogens is 266 g/mol. The molecule has 0 fully saturated rings. The third kappa shape index (κ3) is 2.24. The molecule has 0 N–H and O–H groups in total. The maximum absolute atomic E-state index is 2.56. The SMILES string of the molecule is CC/C=C1/N(CCCC)c2ccc3ccccc3c2C1(C)C. The van der Waals surface area contributed by atoms with Crippen molar-refractivity contribution in [2.45, 2.75) is 52.4 Å². The first-order valence-corrected chi connectivity index (χ1v) is 8.61. The van der Waals surface area contributed by atoms with E-state index >= 15 is 0 Å². The van der Waals surface area contributed by atoms with Gasteiger partial charge >= 0.3 is 0 Å². The first kappa shape index (κ1) is 15.1. The fourth-order valence-corrected chi connectivity index (χ4v) is 3.85. The van der Waals surface area contributed by atoms with Crippen molar-refractivity contribution in [1.82, 2.24) is 0 Å². The molecule has 0 aliphatic carbocycles. The zero-order valence-corrected chi connectivity index (χ0v) is 14.3. The third-order valence-electron chi connectivity index (χ3n) is 4.89. The third-order valence-corrected chi connectivity index (χ3v) is 4.89. The molecule has 1 aliphatic rings. The van der Waals surface area contributed by atoms with Gasteiger partial charge in [-0.3, -0.25) is 0 Å². The van der Waals surface area contributed by atoms with Gasteiger partial charge in [-0.15, -0.1) is 0 Å². The number of allylic oxidation sites excluding steroid dienone is 2. The van der Waals surface area contributed by atoms with Gasteiger partial charge < -0.3 is 4.90 Å². The second kappa shape index (κ2) is 5.79. The van der Waals surface area contributed by atoms with Crippen molar-refractivity contribution in [3.8, 4) is 0 Å². The smallest absolute Gasteiger partial charge is 0.0456 e. The molecule has 0 saturated heterocycles. The Kier molecular flexibility index (Phi) is 3.99. The summed E-state index contributed by atoms with van der Waals surface area (Å²) in [6.45, 7) is 10.4. The van der Waals surface area contributed by atoms with Crippen LogP contribution in [0.1, 0.15) is 52.5 Å². The molecule has 1 aliphatic heterocycles. The summed E-state index contributed by atoms with van der Waals surface area (Å²) in [5.41, 5.74) is 4.48. The van der Waals surface area contributed by atoms with E-state index in [2.05, 4.69) is 75.1 Å². The highest BCUT2D eigenvalue weighted by molar-refractivity contribution is 5.94. The minimum absolute atomic E-state index is 0.0833. The maximum atomic E-state index is 2.56. The highest BCUT2D eigenvalue weighted by atomic mass is 15.2. The van der Waals surface area contributed by atoms with Crippen molar-refractivity contribution in [3.63, 3.8) is 0 Å². The maximum Gasteiger partial charge on any atom is 0.0456 e. The number of benzene rings is 2. The normalized spacial score (nSPS) is 18.2. The van der Waals surface area contributed by atoms with Crippen molar-refractivity contribution in [2.24, 2.45) is 0 Å². The van der Waals surface area contributed by atoms with Gasteiger partial charge in [-0.05, 0) is 35.2 Å². The summed E-state index contributed by atoms with van der Waals surface area (Å²) in [6.07, 6.45) is 5.99. The Labute approximate surface area is 134 Å². The molecule has 0 atom stereocenters. The van der Waals surface area contributed by atoms with E-state index in [1.54, 1.807) is 0 Å². The Morgan fingerprint density at radius 2 is 1.82 bits per heavy atom. The van der Waals surface area contributed by atoms with Crippen LogP contribution in [0.2, 0.25) is 0 Å². The predicted molar refractivity (Wildman–Crippen MR) is 97.6 cm³/mol. The van der Waals surface area contributed by atoms with E-state index in [-0.39, 0.29) is 5.41 Å². The zero-order valence-electron chi connectivity index (χ0n) is 14.3. The molecular formula is C21H27N. The second-order valence-electron chi connectivity index (χ2n) is 6.81. The van der Waals surface area contributed by atoms with Crippen molar-refractivity contribution in [2.75, 3.05) is 11.4 Å². The molecule has 0 amide bonds. The number of rotatable bonds is 4. The average Bonchev–Trinajstić information content (AvgIpc) is 2.74. The first-order valence-electron chi connectivity index (χ1n) is 8.61. The monoisotopic (exact) mass is 293 g/mol. The van der Waals surface area contributed by atoms with Crippen molar-refractivity contribution in [3.05, 3.63) is 53.7 Å². The Morgan fingerprint density at radius 3 is 2.55 bits per heavy atom. The molecule has 2 aromatic rings. The molecule has 1 heteroatoms. The molecule has 0 unspecified atom stereocenters. The first-order chi connectivity index (χ1) is 10.6. The van der Waals surface area contributed by atoms with Crippen molar-refractivity contribution in [1.29, 1.82) is 0 Å². The summed E-state index contributed by atoms with van der Waals surface area (Å²) in [7, 11) is 0. The zero-order chi connectivity index (χ0) is 15.7. The van der Waals surface area contributed by atoms with Crippen LogP contribution in [-0.2, 0) is 5.41 Å². The summed E-state index contributed by atoms with van der Waals surface area (Å²) >= 11 is 0. The van der Waals surface area contributed by atoms with Gasteiger partial charge in [0.2, 0.25) is 0 Å². The number of hydrogen-bond acceptors (Lipinski definition) is 1. The topological polar surface area (TPSA) is 3.24 Å². The van der Waals surface area contributed by atoms with Gasteiger partial charge in [0.25, 0.3) is 0 Å². The molecule has 0 bridgehead atoms. The van der Waals surface area contributed by atoms with Crippen LogP contribution in [-0.4, -0.2) is 6.54 Å². The van der Waals surface area contributed by atoms with Crippen molar-refractivity contribution < 1.29 is 0 Å². The standard InChI is InChI=1S/C21H27N/c1-5-7-15-22-18-14-13-16-11-8-9-12-17(16)20(18)21(3,4)19(22)10-6-2/h8-14H,5-7,15H2,1-4H3/b19-10+. The number of hydrogen-bond donors (Lipinski definition) is 0. The summed E-state index contributed by atoms with van der Waals surface area (Å²) in [5.74, 6) is 0. The second-order valence-corrected chi connectivity index (χ2v) is 6.81. The predicted octanol–water partition coefficient (Wildman–Crippen LogP) is 6.03. The molecule has 0 spiro atoms. The van der Waals surface area contributed by atoms with E-state index in [0.29, 0.717) is 0 Å². The molecule has 2 aromatic carbocycles. The van der Waals surface area contributed by atoms with Gasteiger partial charge in [-0.2, -0.15) is 0 Å². The van der Waals surface area contributed by atoms with Gasteiger partial charge in [0, 0.05) is 23.3 Å². The largest absolute Gasteiger partial charge is 0.344 e. The number of anilines is 1. The highest BCUT2D eigenvalue weighted by Gasteiger charge is 2.40. The summed E-state index contributed by atoms with van der Waals surface area (Å²) in [5, 5.41) is 2.76. The van der Waals surface area contributed by atoms with Crippen LogP contribution in [0.3, 0.4) is 0 Å².